The van der Waals surface area contributed by atoms with Crippen molar-refractivity contribution in [1.82, 2.24) is 0 Å². The van der Waals surface area contributed by atoms with Gasteiger partial charge in [0.05, 0.1) is 5.69 Å². The van der Waals surface area contributed by atoms with Crippen molar-refractivity contribution < 1.29 is 0 Å². The van der Waals surface area contributed by atoms with Crippen LogP contribution in [0.25, 0.3) is 21.9 Å². The summed E-state index contributed by atoms with van der Waals surface area (Å²) in [6.07, 6.45) is 8.35. The third-order valence-electron chi connectivity index (χ3n) is 15.0. The van der Waals surface area contributed by atoms with Gasteiger partial charge in [-0.2, -0.15) is 0 Å². The number of rotatable bonds is 3. The Kier molecular flexibility index (Phi) is 4.96. The zero-order valence-electron chi connectivity index (χ0n) is 28.3. The van der Waals surface area contributed by atoms with Gasteiger partial charge >= 0.3 is 0 Å². The number of anilines is 3. The molecule has 5 aromatic carbocycles. The van der Waals surface area contributed by atoms with Crippen molar-refractivity contribution in [2.24, 2.45) is 29.1 Å². The van der Waals surface area contributed by atoms with Gasteiger partial charge in [0.15, 0.2) is 0 Å². The second-order valence-electron chi connectivity index (χ2n) is 17.7. The van der Waals surface area contributed by atoms with E-state index in [2.05, 4.69) is 136 Å². The molecule has 0 aromatic heterocycles. The van der Waals surface area contributed by atoms with Gasteiger partial charge in [-0.1, -0.05) is 100 Å². The maximum absolute atomic E-state index is 2.66. The molecule has 0 radical (unpaired) electrons. The molecule has 1 heteroatoms. The third-order valence-corrected chi connectivity index (χ3v) is 15.0. The molecule has 0 N–H and O–H groups in total. The fraction of sp³-hybridized carbons (Fsp3) is 0.391. The van der Waals surface area contributed by atoms with Gasteiger partial charge in [0.2, 0.25) is 0 Å². The smallest absolute Gasteiger partial charge is 0.0540 e. The molecule has 4 saturated carbocycles. The highest BCUT2D eigenvalue weighted by molar-refractivity contribution is 5.99. The molecule has 6 aliphatic carbocycles. The maximum atomic E-state index is 2.66. The summed E-state index contributed by atoms with van der Waals surface area (Å²) in [5.74, 6) is 3.58. The summed E-state index contributed by atoms with van der Waals surface area (Å²) in [5, 5.41) is 2.60. The Morgan fingerprint density at radius 2 is 1.26 bits per heavy atom. The van der Waals surface area contributed by atoms with Crippen LogP contribution in [-0.4, -0.2) is 0 Å². The average Bonchev–Trinajstić information content (AvgIpc) is 3.71. The zero-order chi connectivity index (χ0) is 31.5. The lowest BCUT2D eigenvalue weighted by Crippen LogP contribution is -2.73. The number of hydrogen-bond acceptors (Lipinski definition) is 1. The fourth-order valence-corrected chi connectivity index (χ4v) is 13.0. The number of benzene rings is 5. The predicted molar refractivity (Wildman–Crippen MR) is 195 cm³/mol. The second-order valence-corrected chi connectivity index (χ2v) is 17.7. The van der Waals surface area contributed by atoms with E-state index >= 15 is 0 Å². The summed E-state index contributed by atoms with van der Waals surface area (Å²) in [6, 6.07) is 40.4. The van der Waals surface area contributed by atoms with Crippen LogP contribution in [-0.2, 0) is 16.2 Å². The summed E-state index contributed by atoms with van der Waals surface area (Å²) < 4.78 is 0. The van der Waals surface area contributed by atoms with Crippen LogP contribution in [0.3, 0.4) is 0 Å². The van der Waals surface area contributed by atoms with E-state index in [4.69, 9.17) is 0 Å². The maximum Gasteiger partial charge on any atom is 0.0540 e. The molecule has 6 atom stereocenters. The van der Waals surface area contributed by atoms with Crippen LogP contribution < -0.4 is 4.90 Å². The molecule has 11 rings (SSSR count). The minimum atomic E-state index is 0.151. The number of hydrogen-bond donors (Lipinski definition) is 0. The monoisotopic (exact) mass is 611 g/mol. The summed E-state index contributed by atoms with van der Waals surface area (Å²) in [7, 11) is 0. The molecular weight excluding hydrogens is 567 g/mol. The van der Waals surface area contributed by atoms with E-state index in [0.29, 0.717) is 5.41 Å². The largest absolute Gasteiger partial charge is 0.310 e. The molecule has 0 amide bonds. The molecule has 6 aliphatic rings. The van der Waals surface area contributed by atoms with Crippen LogP contribution in [0.15, 0.2) is 103 Å². The van der Waals surface area contributed by atoms with Crippen molar-refractivity contribution in [3.8, 4) is 11.1 Å². The molecule has 0 saturated heterocycles. The molecule has 5 aromatic rings. The minimum Gasteiger partial charge on any atom is -0.310 e. The molecule has 234 valence electrons. The number of fused-ring (bicyclic) bond motifs is 10. The van der Waals surface area contributed by atoms with Crippen LogP contribution in [0, 0.1) is 29.1 Å². The van der Waals surface area contributed by atoms with Crippen molar-refractivity contribution in [2.45, 2.75) is 82.5 Å². The lowest BCUT2D eigenvalue weighted by molar-refractivity contribution is -0.231. The third kappa shape index (κ3) is 3.10. The van der Waals surface area contributed by atoms with Crippen LogP contribution >= 0.6 is 0 Å². The van der Waals surface area contributed by atoms with E-state index in [-0.39, 0.29) is 16.2 Å². The highest BCUT2D eigenvalue weighted by Gasteiger charge is 2.84. The van der Waals surface area contributed by atoms with Crippen molar-refractivity contribution in [1.29, 1.82) is 0 Å². The Labute approximate surface area is 280 Å². The van der Waals surface area contributed by atoms with E-state index in [1.54, 1.807) is 11.1 Å². The molecule has 1 nitrogen and oxygen atoms in total. The number of nitrogens with zero attached hydrogens (tertiary/aromatic N) is 1. The van der Waals surface area contributed by atoms with Gasteiger partial charge in [0.25, 0.3) is 0 Å². The predicted octanol–water partition coefficient (Wildman–Crippen LogP) is 12.0. The molecule has 47 heavy (non-hydrogen) atoms. The second kappa shape index (κ2) is 8.59. The summed E-state index contributed by atoms with van der Waals surface area (Å²) in [6.45, 7) is 9.79. The molecular formula is C46H45N. The standard InChI is InChI=1S/C46H45N/c1-43(2)20-21-44(3,4)39-26-32(17-19-37(39)43)47(40-15-9-11-29-10-5-6-12-33(29)40)31-16-18-35-34-13-7-8-14-36(34)46(38(35)25-31)41-23-28-22-30-24-42(46)45(30,41)27-28/h5-19,25-26,28,30,41-42H,20-24,27H2,1-4H3. The lowest BCUT2D eigenvalue weighted by Gasteiger charge is -2.76. The first kappa shape index (κ1) is 27.1. The van der Waals surface area contributed by atoms with Crippen molar-refractivity contribution in [2.75, 3.05) is 4.90 Å². The van der Waals surface area contributed by atoms with Gasteiger partial charge in [-0.25, -0.2) is 0 Å². The van der Waals surface area contributed by atoms with E-state index in [9.17, 15) is 0 Å². The Morgan fingerprint density at radius 1 is 0.574 bits per heavy atom. The van der Waals surface area contributed by atoms with Gasteiger partial charge in [0, 0.05) is 22.2 Å². The first-order valence-electron chi connectivity index (χ1n) is 18.4. The first-order valence-corrected chi connectivity index (χ1v) is 18.4. The highest BCUT2D eigenvalue weighted by atomic mass is 15.1. The Morgan fingerprint density at radius 3 is 2.11 bits per heavy atom. The topological polar surface area (TPSA) is 3.24 Å². The van der Waals surface area contributed by atoms with Crippen molar-refractivity contribution >= 4 is 27.8 Å². The van der Waals surface area contributed by atoms with Gasteiger partial charge < -0.3 is 4.90 Å². The summed E-state index contributed by atoms with van der Waals surface area (Å²) in [5.41, 5.74) is 14.4. The van der Waals surface area contributed by atoms with E-state index in [1.165, 1.54) is 88.6 Å². The Bertz CT molecular complexity index is 2160. The van der Waals surface area contributed by atoms with Gasteiger partial charge in [-0.05, 0) is 148 Å². The first-order chi connectivity index (χ1) is 22.7. The van der Waals surface area contributed by atoms with Crippen LogP contribution in [0.5, 0.6) is 0 Å². The van der Waals surface area contributed by atoms with Gasteiger partial charge in [0.1, 0.15) is 0 Å². The van der Waals surface area contributed by atoms with Crippen LogP contribution in [0.2, 0.25) is 0 Å². The average molecular weight is 612 g/mol. The lowest BCUT2D eigenvalue weighted by atomic mass is 9.27. The van der Waals surface area contributed by atoms with Crippen molar-refractivity contribution in [3.63, 3.8) is 0 Å². The fourth-order valence-electron chi connectivity index (χ4n) is 13.0. The molecule has 0 aliphatic heterocycles. The van der Waals surface area contributed by atoms with Gasteiger partial charge in [-0.3, -0.25) is 0 Å². The summed E-state index contributed by atoms with van der Waals surface area (Å²) in [4.78, 5) is 2.61. The normalized spacial score (nSPS) is 32.3. The Hall–Kier alpha value is -3.84. The summed E-state index contributed by atoms with van der Waals surface area (Å²) >= 11 is 0. The van der Waals surface area contributed by atoms with E-state index < -0.39 is 0 Å². The van der Waals surface area contributed by atoms with Crippen LogP contribution in [0.1, 0.15) is 88.5 Å². The molecule has 2 bridgehead atoms. The quantitative estimate of drug-likeness (QED) is 0.196. The van der Waals surface area contributed by atoms with Crippen molar-refractivity contribution in [3.05, 3.63) is 125 Å². The highest BCUT2D eigenvalue weighted by Crippen LogP contribution is 2.89. The molecule has 2 spiro atoms. The Balaban J connectivity index is 1.15. The van der Waals surface area contributed by atoms with Crippen LogP contribution in [0.4, 0.5) is 17.1 Å². The minimum absolute atomic E-state index is 0.151. The molecule has 0 heterocycles. The molecule has 6 unspecified atom stereocenters. The van der Waals surface area contributed by atoms with E-state index in [0.717, 1.165) is 23.7 Å². The van der Waals surface area contributed by atoms with E-state index in [1.807, 2.05) is 0 Å². The zero-order valence-corrected chi connectivity index (χ0v) is 28.3. The molecule has 4 fully saturated rings. The SMILES string of the molecule is CC1(C)CCC(C)(C)c2cc(N(c3ccc4c(c3)C3(c5ccccc5-4)C4CC5CC6CC3C64C5)c3cccc4ccccc34)ccc21. The van der Waals surface area contributed by atoms with Gasteiger partial charge in [-0.15, -0.1) is 0 Å².